The van der Waals surface area contributed by atoms with Gasteiger partial charge in [-0.25, -0.2) is 4.98 Å². The Labute approximate surface area is 101 Å². The van der Waals surface area contributed by atoms with Crippen molar-refractivity contribution in [3.05, 3.63) is 18.7 Å². The van der Waals surface area contributed by atoms with Crippen LogP contribution in [0.15, 0.2) is 18.7 Å². The summed E-state index contributed by atoms with van der Waals surface area (Å²) in [5, 5.41) is 2.51. The molecule has 0 aromatic carbocycles. The van der Waals surface area contributed by atoms with E-state index in [1.54, 1.807) is 37.3 Å². The third-order valence-corrected chi connectivity index (χ3v) is 2.64. The quantitative estimate of drug-likeness (QED) is 0.787. The molecule has 6 heteroatoms. The summed E-state index contributed by atoms with van der Waals surface area (Å²) < 4.78 is 1.72. The Hall–Kier alpha value is -1.85. The number of carbonyl (C=O) groups excluding carboxylic acids is 2. The van der Waals surface area contributed by atoms with Crippen molar-refractivity contribution in [2.45, 2.75) is 19.9 Å². The van der Waals surface area contributed by atoms with Crippen LogP contribution in [0.3, 0.4) is 0 Å². The van der Waals surface area contributed by atoms with Crippen molar-refractivity contribution in [3.63, 3.8) is 0 Å². The fraction of sp³-hybridized carbons (Fsp3) is 0.545. The number of nitrogens with zero attached hydrogens (tertiary/aromatic N) is 3. The van der Waals surface area contributed by atoms with Gasteiger partial charge < -0.3 is 14.8 Å². The van der Waals surface area contributed by atoms with Crippen LogP contribution in [-0.4, -0.2) is 46.4 Å². The summed E-state index contributed by atoms with van der Waals surface area (Å²) >= 11 is 0. The van der Waals surface area contributed by atoms with Crippen molar-refractivity contribution < 1.29 is 9.59 Å². The number of rotatable bonds is 5. The lowest BCUT2D eigenvalue weighted by Crippen LogP contribution is -2.42. The van der Waals surface area contributed by atoms with Gasteiger partial charge in [0.1, 0.15) is 6.04 Å². The Morgan fingerprint density at radius 3 is 2.71 bits per heavy atom. The van der Waals surface area contributed by atoms with Crippen LogP contribution in [0.4, 0.5) is 0 Å². The highest BCUT2D eigenvalue weighted by atomic mass is 16.2. The van der Waals surface area contributed by atoms with Gasteiger partial charge in [0.25, 0.3) is 0 Å². The van der Waals surface area contributed by atoms with Gasteiger partial charge in [0.05, 0.1) is 12.9 Å². The topological polar surface area (TPSA) is 67.2 Å². The highest BCUT2D eigenvalue weighted by molar-refractivity contribution is 5.86. The Kier molecular flexibility index (Phi) is 4.68. The average Bonchev–Trinajstić information content (AvgIpc) is 2.87. The molecule has 0 bridgehead atoms. The zero-order valence-electron chi connectivity index (χ0n) is 10.4. The van der Waals surface area contributed by atoms with Gasteiger partial charge >= 0.3 is 0 Å². The monoisotopic (exact) mass is 238 g/mol. The summed E-state index contributed by atoms with van der Waals surface area (Å²) in [6, 6.07) is -0.345. The molecule has 0 spiro atoms. The molecule has 1 atom stereocenters. The van der Waals surface area contributed by atoms with Crippen molar-refractivity contribution in [1.29, 1.82) is 0 Å². The van der Waals surface area contributed by atoms with Crippen LogP contribution < -0.4 is 5.32 Å². The van der Waals surface area contributed by atoms with E-state index < -0.39 is 0 Å². The van der Waals surface area contributed by atoms with Crippen LogP contribution in [0.2, 0.25) is 0 Å². The van der Waals surface area contributed by atoms with E-state index in [-0.39, 0.29) is 24.4 Å². The first kappa shape index (κ1) is 13.2. The molecule has 1 aromatic rings. The molecule has 1 N–H and O–H groups in total. The maximum Gasteiger partial charge on any atom is 0.245 e. The van der Waals surface area contributed by atoms with E-state index >= 15 is 0 Å². The second kappa shape index (κ2) is 6.03. The fourth-order valence-corrected chi connectivity index (χ4v) is 1.49. The molecule has 0 aliphatic heterocycles. The van der Waals surface area contributed by atoms with E-state index in [4.69, 9.17) is 0 Å². The van der Waals surface area contributed by atoms with Crippen LogP contribution in [0.5, 0.6) is 0 Å². The standard InChI is InChI=1S/C11H18N4O2/c1-4-14(7-10(16)12-3)11(17)9(2)15-6-5-13-8-15/h5-6,8-9H,4,7H2,1-3H3,(H,12,16)/t9-/m1/s1. The fourth-order valence-electron chi connectivity index (χ4n) is 1.49. The SMILES string of the molecule is CCN(CC(=O)NC)C(=O)[C@@H](C)n1ccnc1. The van der Waals surface area contributed by atoms with E-state index in [2.05, 4.69) is 10.3 Å². The molecule has 0 radical (unpaired) electrons. The van der Waals surface area contributed by atoms with Gasteiger partial charge in [0.2, 0.25) is 11.8 Å². The minimum atomic E-state index is -0.345. The number of likely N-dealkylation sites (N-methyl/N-ethyl adjacent to an activating group) is 2. The lowest BCUT2D eigenvalue weighted by atomic mass is 10.2. The molecule has 0 aliphatic rings. The van der Waals surface area contributed by atoms with Crippen molar-refractivity contribution in [3.8, 4) is 0 Å². The van der Waals surface area contributed by atoms with Crippen LogP contribution in [0.1, 0.15) is 19.9 Å². The molecule has 94 valence electrons. The molecule has 0 fully saturated rings. The van der Waals surface area contributed by atoms with E-state index in [9.17, 15) is 9.59 Å². The van der Waals surface area contributed by atoms with Crippen LogP contribution in [0.25, 0.3) is 0 Å². The van der Waals surface area contributed by atoms with Crippen molar-refractivity contribution in [2.24, 2.45) is 0 Å². The predicted octanol–water partition coefficient (Wildman–Crippen LogP) is 0.0386. The van der Waals surface area contributed by atoms with E-state index in [0.717, 1.165) is 0 Å². The molecule has 0 unspecified atom stereocenters. The van der Waals surface area contributed by atoms with Gasteiger partial charge in [-0.15, -0.1) is 0 Å². The average molecular weight is 238 g/mol. The maximum absolute atomic E-state index is 12.1. The molecule has 6 nitrogen and oxygen atoms in total. The molecule has 1 rings (SSSR count). The summed E-state index contributed by atoms with van der Waals surface area (Å²) in [7, 11) is 1.56. The van der Waals surface area contributed by atoms with E-state index in [1.807, 2.05) is 6.92 Å². The highest BCUT2D eigenvalue weighted by Crippen LogP contribution is 2.09. The number of nitrogens with one attached hydrogen (secondary N) is 1. The lowest BCUT2D eigenvalue weighted by Gasteiger charge is -2.24. The smallest absolute Gasteiger partial charge is 0.245 e. The van der Waals surface area contributed by atoms with Crippen molar-refractivity contribution in [1.82, 2.24) is 19.8 Å². The molecule has 0 saturated heterocycles. The molecule has 0 saturated carbocycles. The first-order chi connectivity index (χ1) is 8.10. The number of imidazole rings is 1. The van der Waals surface area contributed by atoms with Crippen molar-refractivity contribution in [2.75, 3.05) is 20.1 Å². The van der Waals surface area contributed by atoms with Gasteiger partial charge in [0.15, 0.2) is 0 Å². The Morgan fingerprint density at radius 2 is 2.24 bits per heavy atom. The molecule has 1 heterocycles. The lowest BCUT2D eigenvalue weighted by molar-refractivity contribution is -0.138. The molecular formula is C11H18N4O2. The zero-order valence-corrected chi connectivity index (χ0v) is 10.4. The highest BCUT2D eigenvalue weighted by Gasteiger charge is 2.21. The van der Waals surface area contributed by atoms with Gasteiger partial charge in [-0.1, -0.05) is 0 Å². The normalized spacial score (nSPS) is 11.9. The molecule has 17 heavy (non-hydrogen) atoms. The van der Waals surface area contributed by atoms with Crippen LogP contribution in [-0.2, 0) is 9.59 Å². The molecular weight excluding hydrogens is 220 g/mol. The first-order valence-corrected chi connectivity index (χ1v) is 5.57. The molecule has 1 aromatic heterocycles. The summed E-state index contributed by atoms with van der Waals surface area (Å²) in [6.07, 6.45) is 4.95. The Balaban J connectivity index is 2.69. The summed E-state index contributed by atoms with van der Waals surface area (Å²) in [6.45, 7) is 4.23. The second-order valence-corrected chi connectivity index (χ2v) is 3.71. The number of carbonyl (C=O) groups is 2. The van der Waals surface area contributed by atoms with Crippen LogP contribution in [0, 0.1) is 0 Å². The molecule has 2 amide bonds. The van der Waals surface area contributed by atoms with Crippen LogP contribution >= 0.6 is 0 Å². The van der Waals surface area contributed by atoms with Gasteiger partial charge in [-0.3, -0.25) is 9.59 Å². The van der Waals surface area contributed by atoms with E-state index in [1.165, 1.54) is 4.90 Å². The second-order valence-electron chi connectivity index (χ2n) is 3.71. The van der Waals surface area contributed by atoms with Gasteiger partial charge in [0, 0.05) is 26.0 Å². The minimum absolute atomic E-state index is 0.0882. The van der Waals surface area contributed by atoms with E-state index in [0.29, 0.717) is 6.54 Å². The third-order valence-electron chi connectivity index (χ3n) is 2.64. The third kappa shape index (κ3) is 3.30. The number of hydrogen-bond donors (Lipinski definition) is 1. The minimum Gasteiger partial charge on any atom is -0.358 e. The van der Waals surface area contributed by atoms with Crippen molar-refractivity contribution >= 4 is 11.8 Å². The Morgan fingerprint density at radius 1 is 1.53 bits per heavy atom. The largest absolute Gasteiger partial charge is 0.358 e. The number of amides is 2. The maximum atomic E-state index is 12.1. The molecule has 0 aliphatic carbocycles. The summed E-state index contributed by atoms with van der Waals surface area (Å²) in [5.74, 6) is -0.257. The zero-order chi connectivity index (χ0) is 12.8. The van der Waals surface area contributed by atoms with Gasteiger partial charge in [-0.05, 0) is 13.8 Å². The number of hydrogen-bond acceptors (Lipinski definition) is 3. The summed E-state index contributed by atoms with van der Waals surface area (Å²) in [5.41, 5.74) is 0. The van der Waals surface area contributed by atoms with Gasteiger partial charge in [-0.2, -0.15) is 0 Å². The first-order valence-electron chi connectivity index (χ1n) is 5.57. The Bertz CT molecular complexity index is 375. The summed E-state index contributed by atoms with van der Waals surface area (Å²) in [4.78, 5) is 28.8. The number of aromatic nitrogens is 2. The predicted molar refractivity (Wildman–Crippen MR) is 63.3 cm³/mol.